The van der Waals surface area contributed by atoms with E-state index in [0.29, 0.717) is 18.4 Å². The molecule has 0 aliphatic carbocycles. The fourth-order valence-corrected chi connectivity index (χ4v) is 3.78. The van der Waals surface area contributed by atoms with Gasteiger partial charge in [0, 0.05) is 57.3 Å². The van der Waals surface area contributed by atoms with Gasteiger partial charge >= 0.3 is 0 Å². The fourth-order valence-electron chi connectivity index (χ4n) is 3.78. The molecule has 0 amide bonds. The summed E-state index contributed by atoms with van der Waals surface area (Å²) >= 11 is 0. The molecule has 6 nitrogen and oxygen atoms in total. The normalized spacial score (nSPS) is 24.2. The van der Waals surface area contributed by atoms with Gasteiger partial charge < -0.3 is 9.47 Å². The largest absolute Gasteiger partial charge is 0.381 e. The molecule has 4 rings (SSSR count). The molecule has 2 aliphatic heterocycles. The van der Waals surface area contributed by atoms with E-state index in [0.717, 1.165) is 51.6 Å². The molecule has 0 N–H and O–H groups in total. The summed E-state index contributed by atoms with van der Waals surface area (Å²) in [5, 5.41) is 4.50. The molecular weight excluding hydrogens is 316 g/mol. The van der Waals surface area contributed by atoms with Gasteiger partial charge in [0.15, 0.2) is 0 Å². The van der Waals surface area contributed by atoms with E-state index < -0.39 is 0 Å². The van der Waals surface area contributed by atoms with Crippen molar-refractivity contribution in [2.45, 2.75) is 26.1 Å². The van der Waals surface area contributed by atoms with Crippen molar-refractivity contribution < 1.29 is 9.47 Å². The third-order valence-corrected chi connectivity index (χ3v) is 5.02. The molecule has 6 heteroatoms. The van der Waals surface area contributed by atoms with Crippen LogP contribution in [0.25, 0.3) is 0 Å². The number of ether oxygens (including phenoxy) is 2. The SMILES string of the molecule is c1cncc(COC[C@@H]2CN(C[C@H]3CCOC3)Cc3ccnn3C2)c1. The maximum atomic E-state index is 5.99. The molecule has 0 spiro atoms. The molecule has 2 aromatic heterocycles. The predicted molar refractivity (Wildman–Crippen MR) is 93.8 cm³/mol. The zero-order chi connectivity index (χ0) is 16.9. The molecule has 1 saturated heterocycles. The van der Waals surface area contributed by atoms with Gasteiger partial charge in [-0.1, -0.05) is 6.07 Å². The van der Waals surface area contributed by atoms with Crippen LogP contribution in [0.4, 0.5) is 0 Å². The minimum absolute atomic E-state index is 0.445. The lowest BCUT2D eigenvalue weighted by molar-refractivity contribution is 0.0633. The Balaban J connectivity index is 1.36. The quantitative estimate of drug-likeness (QED) is 0.803. The summed E-state index contributed by atoms with van der Waals surface area (Å²) in [6.45, 7) is 7.21. The second-order valence-electron chi connectivity index (χ2n) is 7.17. The second-order valence-corrected chi connectivity index (χ2v) is 7.17. The molecule has 0 saturated carbocycles. The van der Waals surface area contributed by atoms with E-state index in [1.807, 2.05) is 18.5 Å². The molecule has 0 radical (unpaired) electrons. The summed E-state index contributed by atoms with van der Waals surface area (Å²) in [4.78, 5) is 6.70. The molecule has 25 heavy (non-hydrogen) atoms. The van der Waals surface area contributed by atoms with Gasteiger partial charge in [0.25, 0.3) is 0 Å². The van der Waals surface area contributed by atoms with Crippen LogP contribution in [0.15, 0.2) is 36.8 Å². The Labute approximate surface area is 148 Å². The molecule has 0 aromatic carbocycles. The molecule has 4 heterocycles. The van der Waals surface area contributed by atoms with Crippen molar-refractivity contribution in [1.29, 1.82) is 0 Å². The van der Waals surface area contributed by atoms with Crippen LogP contribution in [0.5, 0.6) is 0 Å². The van der Waals surface area contributed by atoms with Gasteiger partial charge in [-0.3, -0.25) is 14.6 Å². The molecule has 2 aliphatic rings. The second kappa shape index (κ2) is 8.08. The van der Waals surface area contributed by atoms with Crippen LogP contribution in [-0.2, 0) is 29.2 Å². The lowest BCUT2D eigenvalue weighted by Crippen LogP contribution is -2.34. The van der Waals surface area contributed by atoms with Crippen molar-refractivity contribution in [3.63, 3.8) is 0 Å². The van der Waals surface area contributed by atoms with Crippen LogP contribution >= 0.6 is 0 Å². The highest BCUT2D eigenvalue weighted by Crippen LogP contribution is 2.20. The van der Waals surface area contributed by atoms with Crippen molar-refractivity contribution in [3.05, 3.63) is 48.0 Å². The van der Waals surface area contributed by atoms with Gasteiger partial charge in [0.2, 0.25) is 0 Å². The smallest absolute Gasteiger partial charge is 0.0731 e. The van der Waals surface area contributed by atoms with Crippen molar-refractivity contribution in [2.75, 3.05) is 32.9 Å². The average molecular weight is 342 g/mol. The molecule has 134 valence electrons. The van der Waals surface area contributed by atoms with Crippen LogP contribution in [0.3, 0.4) is 0 Å². The maximum Gasteiger partial charge on any atom is 0.0731 e. The topological polar surface area (TPSA) is 52.4 Å². The van der Waals surface area contributed by atoms with Gasteiger partial charge in [-0.2, -0.15) is 5.10 Å². The van der Waals surface area contributed by atoms with Gasteiger partial charge in [0.05, 0.1) is 25.5 Å². The molecule has 1 fully saturated rings. The van der Waals surface area contributed by atoms with Gasteiger partial charge in [0.1, 0.15) is 0 Å². The van der Waals surface area contributed by atoms with Gasteiger partial charge in [-0.15, -0.1) is 0 Å². The van der Waals surface area contributed by atoms with E-state index in [1.54, 1.807) is 6.20 Å². The van der Waals surface area contributed by atoms with E-state index in [9.17, 15) is 0 Å². The number of fused-ring (bicyclic) bond motifs is 1. The Morgan fingerprint density at radius 2 is 2.20 bits per heavy atom. The Morgan fingerprint density at radius 3 is 3.04 bits per heavy atom. The minimum atomic E-state index is 0.445. The number of nitrogens with zero attached hydrogens (tertiary/aromatic N) is 4. The highest BCUT2D eigenvalue weighted by molar-refractivity contribution is 5.06. The first-order chi connectivity index (χ1) is 12.4. The predicted octanol–water partition coefficient (Wildman–Crippen LogP) is 1.96. The summed E-state index contributed by atoms with van der Waals surface area (Å²) in [6.07, 6.45) is 6.74. The lowest BCUT2D eigenvalue weighted by atomic mass is 10.1. The van der Waals surface area contributed by atoms with E-state index in [1.165, 1.54) is 12.1 Å². The standard InChI is InChI=1S/C19H26N4O2/c1-2-16(8-20-5-1)13-25-15-18-10-22(9-17-4-7-24-14-17)12-19-3-6-21-23(19)11-18/h1-3,5-6,8,17-18H,4,7,9-15H2/t17-,18-/m1/s1. The average Bonchev–Trinajstić information content (AvgIpc) is 3.25. The van der Waals surface area contributed by atoms with Crippen molar-refractivity contribution >= 4 is 0 Å². The van der Waals surface area contributed by atoms with E-state index >= 15 is 0 Å². The number of hydrogen-bond donors (Lipinski definition) is 0. The molecular formula is C19H26N4O2. The molecule has 2 atom stereocenters. The summed E-state index contributed by atoms with van der Waals surface area (Å²) < 4.78 is 13.7. The summed E-state index contributed by atoms with van der Waals surface area (Å²) in [7, 11) is 0. The van der Waals surface area contributed by atoms with E-state index in [-0.39, 0.29) is 0 Å². The molecule has 0 bridgehead atoms. The third kappa shape index (κ3) is 4.45. The number of rotatable bonds is 6. The van der Waals surface area contributed by atoms with Crippen molar-refractivity contribution in [3.8, 4) is 0 Å². The monoisotopic (exact) mass is 342 g/mol. The zero-order valence-electron chi connectivity index (χ0n) is 14.6. The van der Waals surface area contributed by atoms with Crippen LogP contribution in [0.2, 0.25) is 0 Å². The van der Waals surface area contributed by atoms with Crippen molar-refractivity contribution in [2.24, 2.45) is 11.8 Å². The minimum Gasteiger partial charge on any atom is -0.381 e. The van der Waals surface area contributed by atoms with Crippen LogP contribution in [0.1, 0.15) is 17.7 Å². The third-order valence-electron chi connectivity index (χ3n) is 5.02. The van der Waals surface area contributed by atoms with Crippen molar-refractivity contribution in [1.82, 2.24) is 19.7 Å². The first kappa shape index (κ1) is 16.7. The Bertz CT molecular complexity index is 654. The van der Waals surface area contributed by atoms with Crippen LogP contribution in [-0.4, -0.2) is 52.6 Å². The summed E-state index contributed by atoms with van der Waals surface area (Å²) in [5.74, 6) is 1.10. The van der Waals surface area contributed by atoms with E-state index in [2.05, 4.69) is 31.8 Å². The Morgan fingerprint density at radius 1 is 1.20 bits per heavy atom. The maximum absolute atomic E-state index is 5.99. The first-order valence-electron chi connectivity index (χ1n) is 9.14. The first-order valence-corrected chi connectivity index (χ1v) is 9.14. The summed E-state index contributed by atoms with van der Waals surface area (Å²) in [5.41, 5.74) is 2.42. The number of aromatic nitrogens is 3. The lowest BCUT2D eigenvalue weighted by Gasteiger charge is -2.26. The van der Waals surface area contributed by atoms with E-state index in [4.69, 9.17) is 9.47 Å². The van der Waals surface area contributed by atoms with Gasteiger partial charge in [-0.25, -0.2) is 0 Å². The van der Waals surface area contributed by atoms with Gasteiger partial charge in [-0.05, 0) is 30.0 Å². The Hall–Kier alpha value is -1.76. The Kier molecular flexibility index (Phi) is 5.40. The number of hydrogen-bond acceptors (Lipinski definition) is 5. The van der Waals surface area contributed by atoms with Crippen LogP contribution < -0.4 is 0 Å². The van der Waals surface area contributed by atoms with Crippen LogP contribution in [0, 0.1) is 11.8 Å². The highest BCUT2D eigenvalue weighted by atomic mass is 16.5. The summed E-state index contributed by atoms with van der Waals surface area (Å²) in [6, 6.07) is 6.14. The molecule has 0 unspecified atom stereocenters. The fraction of sp³-hybridized carbons (Fsp3) is 0.579. The molecule has 2 aromatic rings. The zero-order valence-corrected chi connectivity index (χ0v) is 14.6. The number of pyridine rings is 1. The highest BCUT2D eigenvalue weighted by Gasteiger charge is 2.26.